The maximum atomic E-state index is 11.9. The van der Waals surface area contributed by atoms with Crippen LogP contribution in [0.25, 0.3) is 0 Å². The van der Waals surface area contributed by atoms with Crippen LogP contribution in [0.2, 0.25) is 0 Å². The number of aliphatic hydroxyl groups is 1. The molecule has 2 atom stereocenters. The summed E-state index contributed by atoms with van der Waals surface area (Å²) < 4.78 is 23.2. The molecule has 0 saturated heterocycles. The van der Waals surface area contributed by atoms with E-state index in [-0.39, 0.29) is 5.75 Å². The van der Waals surface area contributed by atoms with Crippen molar-refractivity contribution >= 4 is 10.8 Å². The summed E-state index contributed by atoms with van der Waals surface area (Å²) in [6.45, 7) is 6.27. The number of hydrogen-bond acceptors (Lipinski definition) is 4. The van der Waals surface area contributed by atoms with Gasteiger partial charge in [0.1, 0.15) is 5.75 Å². The van der Waals surface area contributed by atoms with Crippen molar-refractivity contribution in [2.45, 2.75) is 52.1 Å². The van der Waals surface area contributed by atoms with E-state index in [0.29, 0.717) is 12.4 Å². The molecular formula is C16H24O4S. The van der Waals surface area contributed by atoms with Crippen molar-refractivity contribution in [3.63, 3.8) is 0 Å². The fourth-order valence-corrected chi connectivity index (χ4v) is 3.55. The van der Waals surface area contributed by atoms with Gasteiger partial charge in [-0.25, -0.2) is 0 Å². The molecule has 0 unspecified atom stereocenters. The highest BCUT2D eigenvalue weighted by molar-refractivity contribution is 7.85. The quantitative estimate of drug-likeness (QED) is 0.877. The summed E-state index contributed by atoms with van der Waals surface area (Å²) in [7, 11) is -0.977. The van der Waals surface area contributed by atoms with Crippen molar-refractivity contribution in [2.75, 3.05) is 11.5 Å². The van der Waals surface area contributed by atoms with Crippen molar-refractivity contribution < 1.29 is 18.8 Å². The lowest BCUT2D eigenvalue weighted by molar-refractivity contribution is -0.180. The molecule has 2 rings (SSSR count). The first kappa shape index (κ1) is 16.5. The highest BCUT2D eigenvalue weighted by Crippen LogP contribution is 2.33. The Bertz CT molecular complexity index is 513. The zero-order valence-electron chi connectivity index (χ0n) is 12.9. The van der Waals surface area contributed by atoms with Gasteiger partial charge in [0.25, 0.3) is 0 Å². The molecule has 1 aromatic carbocycles. The van der Waals surface area contributed by atoms with Crippen LogP contribution in [0.3, 0.4) is 0 Å². The van der Waals surface area contributed by atoms with Crippen LogP contribution in [0.5, 0.6) is 5.75 Å². The molecule has 0 bridgehead atoms. The van der Waals surface area contributed by atoms with E-state index in [0.717, 1.165) is 29.7 Å². The minimum atomic E-state index is -0.977. The summed E-state index contributed by atoms with van der Waals surface area (Å²) in [6, 6.07) is 5.57. The Morgan fingerprint density at radius 3 is 2.90 bits per heavy atom. The summed E-state index contributed by atoms with van der Waals surface area (Å²) in [5.74, 6) is 1.11. The zero-order valence-corrected chi connectivity index (χ0v) is 13.7. The predicted molar refractivity (Wildman–Crippen MR) is 83.7 cm³/mol. The molecule has 1 aliphatic heterocycles. The van der Waals surface area contributed by atoms with Gasteiger partial charge in [0.15, 0.2) is 0 Å². The fourth-order valence-electron chi connectivity index (χ4n) is 2.23. The van der Waals surface area contributed by atoms with Crippen LogP contribution in [0.15, 0.2) is 18.2 Å². The molecule has 118 valence electrons. The van der Waals surface area contributed by atoms with Gasteiger partial charge >= 0.3 is 0 Å². The van der Waals surface area contributed by atoms with E-state index in [1.165, 1.54) is 0 Å². The van der Waals surface area contributed by atoms with Gasteiger partial charge in [-0.05, 0) is 24.1 Å². The van der Waals surface area contributed by atoms with Gasteiger partial charge in [0.2, 0.25) is 5.79 Å². The first-order valence-corrected chi connectivity index (χ1v) is 8.89. The lowest BCUT2D eigenvalue weighted by Gasteiger charge is -2.32. The zero-order chi connectivity index (χ0) is 15.5. The smallest absolute Gasteiger partial charge is 0.205 e. The third-order valence-corrected chi connectivity index (χ3v) is 4.90. The monoisotopic (exact) mass is 312 g/mol. The Balaban J connectivity index is 2.03. The Kier molecular flexibility index (Phi) is 5.41. The van der Waals surface area contributed by atoms with Gasteiger partial charge in [-0.2, -0.15) is 0 Å². The molecule has 0 aromatic heterocycles. The van der Waals surface area contributed by atoms with E-state index in [2.05, 4.69) is 6.92 Å². The van der Waals surface area contributed by atoms with Crippen molar-refractivity contribution in [3.05, 3.63) is 29.3 Å². The summed E-state index contributed by atoms with van der Waals surface area (Å²) in [5.41, 5.74) is 1.69. The SMILES string of the molecule is CCCC[S@@](=O)C[C@@H](O)c1ccc2c(c1)COC(C)(C)O2. The standard InChI is InChI=1S/C16H24O4S/c1-4-5-8-21(18)11-14(17)12-6-7-15-13(9-12)10-19-16(2,3)20-15/h6-7,9,14,17H,4-5,8,10-11H2,1-3H3/t14-,21-/m1/s1. The van der Waals surface area contributed by atoms with E-state index in [9.17, 15) is 9.32 Å². The van der Waals surface area contributed by atoms with Crippen molar-refractivity contribution in [2.24, 2.45) is 0 Å². The van der Waals surface area contributed by atoms with Crippen LogP contribution in [-0.2, 0) is 22.1 Å². The average Bonchev–Trinajstić information content (AvgIpc) is 2.43. The van der Waals surface area contributed by atoms with Crippen molar-refractivity contribution in [1.82, 2.24) is 0 Å². The molecule has 1 N–H and O–H groups in total. The Morgan fingerprint density at radius 1 is 1.43 bits per heavy atom. The summed E-state index contributed by atoms with van der Waals surface area (Å²) in [6.07, 6.45) is 1.24. The maximum absolute atomic E-state index is 11.9. The van der Waals surface area contributed by atoms with Gasteiger partial charge in [-0.1, -0.05) is 19.4 Å². The molecule has 0 saturated carbocycles. The maximum Gasteiger partial charge on any atom is 0.205 e. The summed E-state index contributed by atoms with van der Waals surface area (Å²) >= 11 is 0. The van der Waals surface area contributed by atoms with Crippen LogP contribution < -0.4 is 4.74 Å². The van der Waals surface area contributed by atoms with E-state index in [4.69, 9.17) is 9.47 Å². The number of benzene rings is 1. The minimum Gasteiger partial charge on any atom is -0.463 e. The van der Waals surface area contributed by atoms with Gasteiger partial charge in [-0.3, -0.25) is 4.21 Å². The van der Waals surface area contributed by atoms with Crippen LogP contribution in [0.4, 0.5) is 0 Å². The number of unbranched alkanes of at least 4 members (excludes halogenated alkanes) is 1. The molecule has 0 amide bonds. The molecule has 1 aromatic rings. The van der Waals surface area contributed by atoms with Crippen LogP contribution in [-0.4, -0.2) is 26.6 Å². The number of aliphatic hydroxyl groups excluding tert-OH is 1. The van der Waals surface area contributed by atoms with E-state index < -0.39 is 22.7 Å². The van der Waals surface area contributed by atoms with Gasteiger partial charge in [-0.15, -0.1) is 0 Å². The van der Waals surface area contributed by atoms with E-state index in [1.54, 1.807) is 0 Å². The average molecular weight is 312 g/mol. The third-order valence-electron chi connectivity index (χ3n) is 3.47. The number of fused-ring (bicyclic) bond motifs is 1. The molecule has 4 nitrogen and oxygen atoms in total. The molecule has 5 heteroatoms. The Hall–Kier alpha value is -0.910. The van der Waals surface area contributed by atoms with E-state index in [1.807, 2.05) is 32.0 Å². The largest absolute Gasteiger partial charge is 0.463 e. The fraction of sp³-hybridized carbons (Fsp3) is 0.625. The molecule has 0 aliphatic carbocycles. The molecule has 0 fully saturated rings. The van der Waals surface area contributed by atoms with Crippen molar-refractivity contribution in [3.8, 4) is 5.75 Å². The minimum absolute atomic E-state index is 0.284. The first-order chi connectivity index (χ1) is 9.91. The highest BCUT2D eigenvalue weighted by Gasteiger charge is 2.27. The Morgan fingerprint density at radius 2 is 2.19 bits per heavy atom. The summed E-state index contributed by atoms with van der Waals surface area (Å²) in [5, 5.41) is 10.2. The molecule has 1 heterocycles. The van der Waals surface area contributed by atoms with Gasteiger partial charge in [0, 0.05) is 36.0 Å². The first-order valence-electron chi connectivity index (χ1n) is 7.40. The Labute approximate surface area is 128 Å². The second-order valence-corrected chi connectivity index (χ2v) is 7.46. The highest BCUT2D eigenvalue weighted by atomic mass is 32.2. The third kappa shape index (κ3) is 4.53. The van der Waals surface area contributed by atoms with Crippen molar-refractivity contribution in [1.29, 1.82) is 0 Å². The normalized spacial score (nSPS) is 19.4. The van der Waals surface area contributed by atoms with Crippen LogP contribution >= 0.6 is 0 Å². The van der Waals surface area contributed by atoms with Gasteiger partial charge in [0.05, 0.1) is 18.5 Å². The lowest BCUT2D eigenvalue weighted by atomic mass is 10.1. The lowest BCUT2D eigenvalue weighted by Crippen LogP contribution is -2.35. The second kappa shape index (κ2) is 6.90. The topological polar surface area (TPSA) is 55.8 Å². The molecule has 21 heavy (non-hydrogen) atoms. The summed E-state index contributed by atoms with van der Waals surface area (Å²) in [4.78, 5) is 0. The van der Waals surface area contributed by atoms with E-state index >= 15 is 0 Å². The predicted octanol–water partition coefficient (Wildman–Crippen LogP) is 2.91. The molecule has 0 spiro atoms. The van der Waals surface area contributed by atoms with Gasteiger partial charge < -0.3 is 14.6 Å². The molecular weight excluding hydrogens is 288 g/mol. The van der Waals surface area contributed by atoms with Crippen LogP contribution in [0, 0.1) is 0 Å². The second-order valence-electron chi connectivity index (χ2n) is 5.84. The number of ether oxygens (including phenoxy) is 2. The molecule has 1 aliphatic rings. The molecule has 0 radical (unpaired) electrons. The number of hydrogen-bond donors (Lipinski definition) is 1. The number of rotatable bonds is 6. The van der Waals surface area contributed by atoms with Crippen LogP contribution in [0.1, 0.15) is 50.8 Å².